The molecule has 2 rings (SSSR count). The minimum absolute atomic E-state index is 0.289. The smallest absolute Gasteiger partial charge is 0.225 e. The Hall–Kier alpha value is -0.900. The number of rotatable bonds is 0. The first-order chi connectivity index (χ1) is 7.29. The van der Waals surface area contributed by atoms with Crippen molar-refractivity contribution in [2.75, 3.05) is 19.8 Å². The largest absolute Gasteiger partial charge is 0.379 e. The second-order valence-electron chi connectivity index (χ2n) is 3.80. The highest BCUT2D eigenvalue weighted by Gasteiger charge is 2.28. The van der Waals surface area contributed by atoms with Gasteiger partial charge >= 0.3 is 0 Å². The molecule has 2 saturated heterocycles. The molecule has 2 aliphatic heterocycles. The van der Waals surface area contributed by atoms with Crippen LogP contribution in [0.25, 0.3) is 0 Å². The Labute approximate surface area is 90.6 Å². The van der Waals surface area contributed by atoms with Crippen LogP contribution in [-0.4, -0.2) is 42.9 Å². The van der Waals surface area contributed by atoms with Crippen molar-refractivity contribution in [1.29, 1.82) is 0 Å². The van der Waals surface area contributed by atoms with Gasteiger partial charge in [0.15, 0.2) is 0 Å². The molecule has 0 aromatic heterocycles. The maximum Gasteiger partial charge on any atom is 0.225 e. The zero-order valence-electron chi connectivity index (χ0n) is 9.28. The molecule has 2 heterocycles. The van der Waals surface area contributed by atoms with Gasteiger partial charge in [-0.1, -0.05) is 0 Å². The molecule has 0 N–H and O–H groups in total. The summed E-state index contributed by atoms with van der Waals surface area (Å²) in [6, 6.07) is 0.383. The molecule has 4 heteroatoms. The van der Waals surface area contributed by atoms with Crippen LogP contribution in [-0.2, 0) is 14.3 Å². The van der Waals surface area contributed by atoms with E-state index in [2.05, 4.69) is 0 Å². The van der Waals surface area contributed by atoms with Crippen molar-refractivity contribution in [3.05, 3.63) is 0 Å². The standard InChI is InChI=1S/C9H15NO2.C2H4O/c11-9-4-6-12-7-8-3-1-2-5-10(8)9;1-2-3/h8H,1-7H2;2H,1H3. The highest BCUT2D eigenvalue weighted by atomic mass is 16.5. The number of fused-ring (bicyclic) bond motifs is 1. The molecular formula is C11H19NO3. The number of carbonyl (C=O) groups is 2. The predicted molar refractivity (Wildman–Crippen MR) is 56.5 cm³/mol. The molecule has 2 aliphatic rings. The third-order valence-electron chi connectivity index (χ3n) is 2.72. The molecule has 1 amide bonds. The Morgan fingerprint density at radius 2 is 2.20 bits per heavy atom. The summed E-state index contributed by atoms with van der Waals surface area (Å²) in [5, 5.41) is 0. The van der Waals surface area contributed by atoms with Gasteiger partial charge in [-0.05, 0) is 26.2 Å². The van der Waals surface area contributed by atoms with Crippen LogP contribution in [0.2, 0.25) is 0 Å². The summed E-state index contributed by atoms with van der Waals surface area (Å²) in [5.41, 5.74) is 0. The summed E-state index contributed by atoms with van der Waals surface area (Å²) >= 11 is 0. The van der Waals surface area contributed by atoms with Crippen molar-refractivity contribution in [2.45, 2.75) is 38.6 Å². The van der Waals surface area contributed by atoms with E-state index in [4.69, 9.17) is 9.53 Å². The fraction of sp³-hybridized carbons (Fsp3) is 0.818. The molecular weight excluding hydrogens is 194 g/mol. The monoisotopic (exact) mass is 213 g/mol. The van der Waals surface area contributed by atoms with Crippen LogP contribution in [0.5, 0.6) is 0 Å². The first-order valence-electron chi connectivity index (χ1n) is 5.56. The summed E-state index contributed by atoms with van der Waals surface area (Å²) in [6.45, 7) is 3.77. The molecule has 4 nitrogen and oxygen atoms in total. The summed E-state index contributed by atoms with van der Waals surface area (Å²) in [5.74, 6) is 0.289. The van der Waals surface area contributed by atoms with Gasteiger partial charge in [-0.25, -0.2) is 0 Å². The average molecular weight is 213 g/mol. The van der Waals surface area contributed by atoms with Crippen molar-refractivity contribution >= 4 is 12.2 Å². The molecule has 15 heavy (non-hydrogen) atoms. The number of nitrogens with zero attached hydrogens (tertiary/aromatic N) is 1. The quantitative estimate of drug-likeness (QED) is 0.564. The fourth-order valence-corrected chi connectivity index (χ4v) is 2.02. The molecule has 0 bridgehead atoms. The van der Waals surface area contributed by atoms with E-state index in [1.54, 1.807) is 0 Å². The third-order valence-corrected chi connectivity index (χ3v) is 2.72. The van der Waals surface area contributed by atoms with Crippen molar-refractivity contribution in [3.63, 3.8) is 0 Å². The maximum atomic E-state index is 11.5. The predicted octanol–water partition coefficient (Wildman–Crippen LogP) is 0.993. The SMILES string of the molecule is CC=O.O=C1CCOCC2CCCCN12. The fourth-order valence-electron chi connectivity index (χ4n) is 2.02. The zero-order chi connectivity index (χ0) is 11.1. The van der Waals surface area contributed by atoms with Crippen LogP contribution in [0.1, 0.15) is 32.6 Å². The molecule has 2 fully saturated rings. The van der Waals surface area contributed by atoms with Gasteiger partial charge in [0.2, 0.25) is 5.91 Å². The summed E-state index contributed by atoms with van der Waals surface area (Å²) in [4.78, 5) is 22.3. The number of piperidine rings is 1. The molecule has 0 radical (unpaired) electrons. The number of hydrogen-bond donors (Lipinski definition) is 0. The van der Waals surface area contributed by atoms with Gasteiger partial charge in [0.25, 0.3) is 0 Å². The number of amides is 1. The van der Waals surface area contributed by atoms with Crippen LogP contribution < -0.4 is 0 Å². The van der Waals surface area contributed by atoms with E-state index in [-0.39, 0.29) is 5.91 Å². The van der Waals surface area contributed by atoms with Crippen molar-refractivity contribution in [1.82, 2.24) is 4.90 Å². The van der Waals surface area contributed by atoms with E-state index < -0.39 is 0 Å². The second-order valence-corrected chi connectivity index (χ2v) is 3.80. The lowest BCUT2D eigenvalue weighted by Gasteiger charge is -2.33. The zero-order valence-corrected chi connectivity index (χ0v) is 9.28. The van der Waals surface area contributed by atoms with Crippen molar-refractivity contribution < 1.29 is 14.3 Å². The van der Waals surface area contributed by atoms with Gasteiger partial charge in [0, 0.05) is 6.54 Å². The van der Waals surface area contributed by atoms with E-state index in [9.17, 15) is 4.79 Å². The molecule has 0 saturated carbocycles. The van der Waals surface area contributed by atoms with Crippen LogP contribution >= 0.6 is 0 Å². The summed E-state index contributed by atoms with van der Waals surface area (Å²) in [7, 11) is 0. The lowest BCUT2D eigenvalue weighted by Crippen LogP contribution is -2.44. The third kappa shape index (κ3) is 3.63. The topological polar surface area (TPSA) is 46.6 Å². The Balaban J connectivity index is 0.000000337. The van der Waals surface area contributed by atoms with Crippen molar-refractivity contribution in [3.8, 4) is 0 Å². The molecule has 1 unspecified atom stereocenters. The summed E-state index contributed by atoms with van der Waals surface area (Å²) < 4.78 is 5.37. The van der Waals surface area contributed by atoms with E-state index in [1.165, 1.54) is 19.8 Å². The van der Waals surface area contributed by atoms with Gasteiger partial charge in [-0.15, -0.1) is 0 Å². The van der Waals surface area contributed by atoms with Gasteiger partial charge in [0.1, 0.15) is 6.29 Å². The Morgan fingerprint density at radius 3 is 2.93 bits per heavy atom. The first kappa shape index (κ1) is 12.2. The maximum absolute atomic E-state index is 11.5. The lowest BCUT2D eigenvalue weighted by atomic mass is 10.0. The van der Waals surface area contributed by atoms with Crippen LogP contribution in [0.3, 0.4) is 0 Å². The highest BCUT2D eigenvalue weighted by molar-refractivity contribution is 5.77. The Kier molecular flexibility index (Phi) is 5.32. The van der Waals surface area contributed by atoms with Gasteiger partial charge in [-0.3, -0.25) is 4.79 Å². The van der Waals surface area contributed by atoms with Crippen LogP contribution in [0.15, 0.2) is 0 Å². The van der Waals surface area contributed by atoms with Gasteiger partial charge in [-0.2, -0.15) is 0 Å². The number of aldehydes is 1. The number of ether oxygens (including phenoxy) is 1. The molecule has 86 valence electrons. The molecule has 1 atom stereocenters. The molecule has 0 spiro atoms. The van der Waals surface area contributed by atoms with Crippen LogP contribution in [0, 0.1) is 0 Å². The normalized spacial score (nSPS) is 25.8. The first-order valence-corrected chi connectivity index (χ1v) is 5.56. The number of carbonyl (C=O) groups excluding carboxylic acids is 2. The molecule has 0 aromatic rings. The minimum Gasteiger partial charge on any atom is -0.379 e. The van der Waals surface area contributed by atoms with E-state index in [0.29, 0.717) is 19.1 Å². The van der Waals surface area contributed by atoms with E-state index in [1.807, 2.05) is 4.90 Å². The van der Waals surface area contributed by atoms with E-state index >= 15 is 0 Å². The highest BCUT2D eigenvalue weighted by Crippen LogP contribution is 2.20. The van der Waals surface area contributed by atoms with Gasteiger partial charge in [0.05, 0.1) is 25.7 Å². The molecule has 0 aromatic carbocycles. The van der Waals surface area contributed by atoms with Gasteiger partial charge < -0.3 is 14.4 Å². The average Bonchev–Trinajstić information content (AvgIpc) is 2.43. The molecule has 0 aliphatic carbocycles. The minimum atomic E-state index is 0.289. The second kappa shape index (κ2) is 6.56. The summed E-state index contributed by atoms with van der Waals surface area (Å²) in [6.07, 6.45) is 4.88. The number of hydrogen-bond acceptors (Lipinski definition) is 3. The van der Waals surface area contributed by atoms with Crippen LogP contribution in [0.4, 0.5) is 0 Å². The Bertz CT molecular complexity index is 218. The van der Waals surface area contributed by atoms with Crippen molar-refractivity contribution in [2.24, 2.45) is 0 Å². The lowest BCUT2D eigenvalue weighted by molar-refractivity contribution is -0.133. The van der Waals surface area contributed by atoms with E-state index in [0.717, 1.165) is 25.9 Å². The Morgan fingerprint density at radius 1 is 1.47 bits per heavy atom.